The quantitative estimate of drug-likeness (QED) is 0.715. The summed E-state index contributed by atoms with van der Waals surface area (Å²) in [5.74, 6) is -0.0746. The molecular formula is C10H11BN2O4. The van der Waals surface area contributed by atoms with E-state index in [-0.39, 0.29) is 0 Å². The second-order valence-corrected chi connectivity index (χ2v) is 3.54. The Balaban J connectivity index is 2.36. The van der Waals surface area contributed by atoms with Crippen molar-refractivity contribution in [2.45, 2.75) is 0 Å². The van der Waals surface area contributed by atoms with Gasteiger partial charge in [-0.2, -0.15) is 0 Å². The Hall–Kier alpha value is -1.86. The zero-order valence-electron chi connectivity index (χ0n) is 9.45. The molecule has 0 aliphatic rings. The third-order valence-electron chi connectivity index (χ3n) is 2.48. The second-order valence-electron chi connectivity index (χ2n) is 3.54. The third kappa shape index (κ3) is 2.15. The van der Waals surface area contributed by atoms with E-state index in [4.69, 9.17) is 4.65 Å². The molecular weight excluding hydrogens is 223 g/mol. The van der Waals surface area contributed by atoms with Crippen LogP contribution in [0.4, 0.5) is 0 Å². The predicted molar refractivity (Wildman–Crippen MR) is 61.8 cm³/mol. The highest BCUT2D eigenvalue weighted by atomic mass is 16.5. The molecule has 0 saturated carbocycles. The minimum Gasteiger partial charge on any atom is -0.423 e. The molecule has 0 spiro atoms. The fraction of sp³-hybridized carbons (Fsp3) is 0.200. The number of hydrogen-bond acceptors (Lipinski definition) is 5. The number of rotatable bonds is 3. The van der Waals surface area contributed by atoms with Crippen molar-refractivity contribution in [3.8, 4) is 11.4 Å². The Bertz CT molecular complexity index is 560. The number of benzene rings is 1. The number of nitrogens with zero attached hydrogens (tertiary/aromatic N) is 2. The van der Waals surface area contributed by atoms with Crippen LogP contribution in [0.15, 0.2) is 33.6 Å². The van der Waals surface area contributed by atoms with Gasteiger partial charge in [0.25, 0.3) is 0 Å². The second kappa shape index (κ2) is 4.56. The van der Waals surface area contributed by atoms with Crippen LogP contribution in [0.2, 0.25) is 0 Å². The summed E-state index contributed by atoms with van der Waals surface area (Å²) in [6, 6.07) is 6.86. The van der Waals surface area contributed by atoms with E-state index < -0.39 is 12.9 Å². The van der Waals surface area contributed by atoms with Crippen molar-refractivity contribution < 1.29 is 14.2 Å². The fourth-order valence-corrected chi connectivity index (χ4v) is 1.47. The summed E-state index contributed by atoms with van der Waals surface area (Å²) < 4.78 is 10.6. The van der Waals surface area contributed by atoms with Crippen molar-refractivity contribution >= 4 is 12.6 Å². The van der Waals surface area contributed by atoms with E-state index in [0.29, 0.717) is 11.3 Å². The van der Waals surface area contributed by atoms with E-state index in [1.54, 1.807) is 31.3 Å². The molecule has 6 nitrogen and oxygen atoms in total. The van der Waals surface area contributed by atoms with Gasteiger partial charge in [0.15, 0.2) is 5.82 Å². The van der Waals surface area contributed by atoms with E-state index in [0.717, 1.165) is 5.56 Å². The van der Waals surface area contributed by atoms with Gasteiger partial charge in [0.2, 0.25) is 0 Å². The molecule has 0 amide bonds. The van der Waals surface area contributed by atoms with Crippen LogP contribution in [0, 0.1) is 0 Å². The summed E-state index contributed by atoms with van der Waals surface area (Å²) >= 11 is 0. The fourth-order valence-electron chi connectivity index (χ4n) is 1.47. The van der Waals surface area contributed by atoms with Gasteiger partial charge >= 0.3 is 12.9 Å². The van der Waals surface area contributed by atoms with Crippen LogP contribution in [0.5, 0.6) is 0 Å². The normalized spacial score (nSPS) is 10.5. The van der Waals surface area contributed by atoms with Crippen LogP contribution in [0.3, 0.4) is 0 Å². The molecule has 1 aromatic heterocycles. The molecule has 17 heavy (non-hydrogen) atoms. The van der Waals surface area contributed by atoms with Crippen LogP contribution in [0.1, 0.15) is 0 Å². The van der Waals surface area contributed by atoms with Crippen molar-refractivity contribution in [2.24, 2.45) is 7.05 Å². The SMILES string of the molecule is COB(O)c1ccc(-c2noc(=O)n2C)cc1. The molecule has 1 heterocycles. The Morgan fingerprint density at radius 2 is 2.06 bits per heavy atom. The van der Waals surface area contributed by atoms with Crippen LogP contribution in [-0.2, 0) is 11.7 Å². The Kier molecular flexibility index (Phi) is 3.12. The minimum atomic E-state index is -0.954. The van der Waals surface area contributed by atoms with Gasteiger partial charge in [-0.05, 0) is 5.46 Å². The molecule has 0 saturated heterocycles. The molecule has 0 atom stereocenters. The Morgan fingerprint density at radius 3 is 2.53 bits per heavy atom. The van der Waals surface area contributed by atoms with Gasteiger partial charge in [0, 0.05) is 19.7 Å². The monoisotopic (exact) mass is 234 g/mol. The maximum absolute atomic E-state index is 11.1. The van der Waals surface area contributed by atoms with Crippen LogP contribution < -0.4 is 11.2 Å². The molecule has 2 rings (SSSR count). The van der Waals surface area contributed by atoms with E-state index in [2.05, 4.69) is 9.68 Å². The maximum Gasteiger partial charge on any atom is 0.490 e. The Labute approximate surface area is 97.6 Å². The van der Waals surface area contributed by atoms with Gasteiger partial charge in [0.1, 0.15) is 0 Å². The number of aromatic nitrogens is 2. The first kappa shape index (κ1) is 11.6. The van der Waals surface area contributed by atoms with Crippen molar-refractivity contribution in [2.75, 3.05) is 7.11 Å². The molecule has 1 aromatic carbocycles. The maximum atomic E-state index is 11.1. The van der Waals surface area contributed by atoms with E-state index in [1.165, 1.54) is 11.7 Å². The largest absolute Gasteiger partial charge is 0.490 e. The summed E-state index contributed by atoms with van der Waals surface area (Å²) in [4.78, 5) is 11.1. The average Bonchev–Trinajstić information content (AvgIpc) is 2.69. The topological polar surface area (TPSA) is 77.5 Å². The molecule has 0 unspecified atom stereocenters. The van der Waals surface area contributed by atoms with Gasteiger partial charge in [-0.25, -0.2) is 4.79 Å². The smallest absolute Gasteiger partial charge is 0.423 e. The molecule has 88 valence electrons. The van der Waals surface area contributed by atoms with Gasteiger partial charge in [-0.3, -0.25) is 9.09 Å². The van der Waals surface area contributed by atoms with Crippen molar-refractivity contribution in [1.82, 2.24) is 9.72 Å². The van der Waals surface area contributed by atoms with Crippen LogP contribution in [0.25, 0.3) is 11.4 Å². The van der Waals surface area contributed by atoms with Gasteiger partial charge < -0.3 is 9.68 Å². The first-order valence-corrected chi connectivity index (χ1v) is 4.97. The molecule has 0 aliphatic carbocycles. The molecule has 0 bridgehead atoms. The predicted octanol–water partition coefficient (Wildman–Crippen LogP) is -0.626. The third-order valence-corrected chi connectivity index (χ3v) is 2.48. The van der Waals surface area contributed by atoms with Crippen molar-refractivity contribution in [1.29, 1.82) is 0 Å². The lowest BCUT2D eigenvalue weighted by atomic mass is 9.79. The summed E-state index contributed by atoms with van der Waals surface area (Å²) in [6.07, 6.45) is 0. The molecule has 0 radical (unpaired) electrons. The highest BCUT2D eigenvalue weighted by molar-refractivity contribution is 6.59. The summed E-state index contributed by atoms with van der Waals surface area (Å²) in [7, 11) is 2.04. The van der Waals surface area contributed by atoms with Crippen molar-refractivity contribution in [3.05, 3.63) is 34.8 Å². The highest BCUT2D eigenvalue weighted by Crippen LogP contribution is 2.13. The minimum absolute atomic E-state index is 0.438. The lowest BCUT2D eigenvalue weighted by Crippen LogP contribution is -2.32. The van der Waals surface area contributed by atoms with Gasteiger partial charge in [-0.1, -0.05) is 29.4 Å². The van der Waals surface area contributed by atoms with E-state index in [9.17, 15) is 9.82 Å². The summed E-state index contributed by atoms with van der Waals surface area (Å²) in [5.41, 5.74) is 1.36. The lowest BCUT2D eigenvalue weighted by Gasteiger charge is -2.04. The van der Waals surface area contributed by atoms with Crippen molar-refractivity contribution in [3.63, 3.8) is 0 Å². The summed E-state index contributed by atoms with van der Waals surface area (Å²) in [5, 5.41) is 13.1. The molecule has 2 aromatic rings. The zero-order chi connectivity index (χ0) is 12.4. The molecule has 1 N–H and O–H groups in total. The van der Waals surface area contributed by atoms with E-state index >= 15 is 0 Å². The summed E-state index contributed by atoms with van der Waals surface area (Å²) in [6.45, 7) is 0. The molecule has 0 aliphatic heterocycles. The first-order chi connectivity index (χ1) is 8.13. The van der Waals surface area contributed by atoms with E-state index in [1.807, 2.05) is 0 Å². The first-order valence-electron chi connectivity index (χ1n) is 4.97. The molecule has 0 fully saturated rings. The zero-order valence-corrected chi connectivity index (χ0v) is 9.45. The van der Waals surface area contributed by atoms with Gasteiger partial charge in [0.05, 0.1) is 0 Å². The van der Waals surface area contributed by atoms with Gasteiger partial charge in [-0.15, -0.1) is 0 Å². The Morgan fingerprint density at radius 1 is 1.41 bits per heavy atom. The van der Waals surface area contributed by atoms with Crippen LogP contribution >= 0.6 is 0 Å². The lowest BCUT2D eigenvalue weighted by molar-refractivity contribution is 0.341. The highest BCUT2D eigenvalue weighted by Gasteiger charge is 2.15. The number of hydrogen-bond donors (Lipinski definition) is 1. The average molecular weight is 234 g/mol. The standard InChI is InChI=1S/C10H11BN2O4/c1-13-9(12-17-10(13)14)7-3-5-8(6-4-7)11(15)16-2/h3-6,15H,1-2H3. The molecule has 7 heteroatoms. The van der Waals surface area contributed by atoms with Crippen LogP contribution in [-0.4, -0.2) is 29.0 Å².